The second kappa shape index (κ2) is 2.96. The molecule has 0 unspecified atom stereocenters. The Morgan fingerprint density at radius 2 is 2.27 bits per heavy atom. The molecule has 0 saturated heterocycles. The zero-order chi connectivity index (χ0) is 10.4. The van der Waals surface area contributed by atoms with Crippen LogP contribution >= 0.6 is 0 Å². The van der Waals surface area contributed by atoms with Gasteiger partial charge in [-0.2, -0.15) is 0 Å². The molecule has 15 heavy (non-hydrogen) atoms. The minimum absolute atomic E-state index is 0.986. The predicted molar refractivity (Wildman–Crippen MR) is 64.5 cm³/mol. The van der Waals surface area contributed by atoms with Crippen LogP contribution in [0.15, 0.2) is 70.4 Å². The van der Waals surface area contributed by atoms with Gasteiger partial charge in [0.25, 0.3) is 0 Å². The van der Waals surface area contributed by atoms with Crippen molar-refractivity contribution in [3.05, 3.63) is 70.4 Å². The van der Waals surface area contributed by atoms with Crippen LogP contribution in [0.3, 0.4) is 0 Å². The van der Waals surface area contributed by atoms with Gasteiger partial charge in [0.05, 0.1) is 0 Å². The van der Waals surface area contributed by atoms with E-state index in [1.807, 2.05) is 6.08 Å². The third kappa shape index (κ3) is 1.02. The number of hydrogen-bond acceptors (Lipinski definition) is 0. The van der Waals surface area contributed by atoms with E-state index in [0.29, 0.717) is 0 Å². The van der Waals surface area contributed by atoms with Crippen LogP contribution in [0.2, 0.25) is 0 Å². The highest BCUT2D eigenvalue weighted by Crippen LogP contribution is 2.48. The van der Waals surface area contributed by atoms with Crippen molar-refractivity contribution in [2.45, 2.75) is 19.8 Å². The van der Waals surface area contributed by atoms with Crippen LogP contribution in [0.1, 0.15) is 19.8 Å². The van der Waals surface area contributed by atoms with Gasteiger partial charge in [0.1, 0.15) is 0 Å². The van der Waals surface area contributed by atoms with Crippen molar-refractivity contribution in [2.75, 3.05) is 0 Å². The minimum atomic E-state index is 0.986. The molecule has 0 saturated carbocycles. The topological polar surface area (TPSA) is 0 Å². The first-order valence-corrected chi connectivity index (χ1v) is 5.46. The van der Waals surface area contributed by atoms with Gasteiger partial charge < -0.3 is 0 Å². The van der Waals surface area contributed by atoms with E-state index >= 15 is 0 Å². The lowest BCUT2D eigenvalue weighted by Gasteiger charge is -2.12. The first-order chi connectivity index (χ1) is 7.33. The van der Waals surface area contributed by atoms with Crippen molar-refractivity contribution in [1.82, 2.24) is 0 Å². The van der Waals surface area contributed by atoms with Crippen LogP contribution in [0.4, 0.5) is 0 Å². The van der Waals surface area contributed by atoms with Crippen molar-refractivity contribution < 1.29 is 0 Å². The first-order valence-electron chi connectivity index (χ1n) is 5.46. The van der Waals surface area contributed by atoms with Crippen molar-refractivity contribution in [1.29, 1.82) is 0 Å². The summed E-state index contributed by atoms with van der Waals surface area (Å²) in [5.41, 5.74) is 8.77. The van der Waals surface area contributed by atoms with Crippen LogP contribution < -0.4 is 0 Å². The number of rotatable bonds is 2. The van der Waals surface area contributed by atoms with Gasteiger partial charge in [-0.3, -0.25) is 0 Å². The largest absolute Gasteiger partial charge is 0.103 e. The third-order valence-corrected chi connectivity index (χ3v) is 3.46. The molecule has 0 atom stereocenters. The Morgan fingerprint density at radius 1 is 1.40 bits per heavy atom. The Bertz CT molecular complexity index is 502. The fourth-order valence-electron chi connectivity index (χ4n) is 2.73. The minimum Gasteiger partial charge on any atom is -0.103 e. The van der Waals surface area contributed by atoms with Gasteiger partial charge in [-0.25, -0.2) is 0 Å². The molecule has 0 aliphatic heterocycles. The standard InChI is InChI=1S/C15H14/c1-3-5-12-10(2)13-9-8-11-6-4-7-14(12)15(11)13/h3-4,7-9H,1,5-6H2,2H3. The average Bonchev–Trinajstić information content (AvgIpc) is 2.78. The highest BCUT2D eigenvalue weighted by atomic mass is 14.3. The molecule has 0 fully saturated rings. The molecule has 0 heteroatoms. The molecule has 0 aromatic rings. The molecule has 0 spiro atoms. The van der Waals surface area contributed by atoms with Crippen LogP contribution in [0, 0.1) is 0 Å². The van der Waals surface area contributed by atoms with Gasteiger partial charge in [-0.05, 0) is 53.2 Å². The molecule has 0 bridgehead atoms. The molecular weight excluding hydrogens is 180 g/mol. The van der Waals surface area contributed by atoms with E-state index in [1.54, 1.807) is 0 Å². The van der Waals surface area contributed by atoms with Crippen molar-refractivity contribution in [2.24, 2.45) is 0 Å². The normalized spacial score (nSPS) is 21.9. The zero-order valence-corrected chi connectivity index (χ0v) is 9.01. The molecule has 74 valence electrons. The van der Waals surface area contributed by atoms with Gasteiger partial charge >= 0.3 is 0 Å². The van der Waals surface area contributed by atoms with Gasteiger partial charge in [0.2, 0.25) is 0 Å². The quantitative estimate of drug-likeness (QED) is 0.582. The maximum Gasteiger partial charge on any atom is -0.00705 e. The summed E-state index contributed by atoms with van der Waals surface area (Å²) in [6.07, 6.45) is 13.2. The lowest BCUT2D eigenvalue weighted by atomic mass is 9.92. The predicted octanol–water partition coefficient (Wildman–Crippen LogP) is 4.02. The first kappa shape index (κ1) is 8.72. The van der Waals surface area contributed by atoms with Crippen LogP contribution in [0.25, 0.3) is 0 Å². The Labute approximate surface area is 90.7 Å². The van der Waals surface area contributed by atoms with E-state index in [0.717, 1.165) is 12.8 Å². The van der Waals surface area contributed by atoms with Gasteiger partial charge in [0.15, 0.2) is 0 Å². The lowest BCUT2D eigenvalue weighted by Crippen LogP contribution is -1.94. The zero-order valence-electron chi connectivity index (χ0n) is 9.01. The van der Waals surface area contributed by atoms with Crippen LogP contribution in [-0.4, -0.2) is 0 Å². The van der Waals surface area contributed by atoms with E-state index in [9.17, 15) is 0 Å². The SMILES string of the molecule is C=CCC1=C(C)C2=CC=C3CC=CC1=C32. The molecule has 0 heterocycles. The van der Waals surface area contributed by atoms with Crippen molar-refractivity contribution >= 4 is 0 Å². The molecule has 0 aromatic heterocycles. The van der Waals surface area contributed by atoms with E-state index in [1.165, 1.54) is 33.4 Å². The monoisotopic (exact) mass is 194 g/mol. The molecule has 3 aliphatic rings. The van der Waals surface area contributed by atoms with E-state index < -0.39 is 0 Å². The van der Waals surface area contributed by atoms with E-state index in [2.05, 4.69) is 37.8 Å². The second-order valence-electron chi connectivity index (χ2n) is 4.26. The summed E-state index contributed by atoms with van der Waals surface area (Å²) >= 11 is 0. The number of allylic oxidation sites excluding steroid dienone is 11. The maximum absolute atomic E-state index is 3.84. The van der Waals surface area contributed by atoms with Gasteiger partial charge in [-0.15, -0.1) is 6.58 Å². The molecule has 3 rings (SSSR count). The Hall–Kier alpha value is -1.56. The number of hydrogen-bond donors (Lipinski definition) is 0. The molecular formula is C15H14. The molecule has 0 N–H and O–H groups in total. The van der Waals surface area contributed by atoms with Crippen molar-refractivity contribution in [3.63, 3.8) is 0 Å². The molecule has 3 aliphatic carbocycles. The molecule has 0 aromatic carbocycles. The Morgan fingerprint density at radius 3 is 3.07 bits per heavy atom. The summed E-state index contributed by atoms with van der Waals surface area (Å²) in [4.78, 5) is 0. The van der Waals surface area contributed by atoms with Gasteiger partial charge in [-0.1, -0.05) is 30.4 Å². The summed E-state index contributed by atoms with van der Waals surface area (Å²) < 4.78 is 0. The fourth-order valence-corrected chi connectivity index (χ4v) is 2.73. The Kier molecular flexibility index (Phi) is 1.72. The smallest absolute Gasteiger partial charge is 0.00705 e. The Balaban J connectivity index is 2.19. The maximum atomic E-state index is 3.84. The van der Waals surface area contributed by atoms with Crippen LogP contribution in [0.5, 0.6) is 0 Å². The fraction of sp³-hybridized carbons (Fsp3) is 0.200. The summed E-state index contributed by atoms with van der Waals surface area (Å²) in [5.74, 6) is 0. The van der Waals surface area contributed by atoms with E-state index in [4.69, 9.17) is 0 Å². The van der Waals surface area contributed by atoms with Crippen LogP contribution in [-0.2, 0) is 0 Å². The molecule has 0 radical (unpaired) electrons. The molecule has 0 nitrogen and oxygen atoms in total. The third-order valence-electron chi connectivity index (χ3n) is 3.46. The summed E-state index contributed by atoms with van der Waals surface area (Å²) in [6, 6.07) is 0. The average molecular weight is 194 g/mol. The van der Waals surface area contributed by atoms with Crippen molar-refractivity contribution in [3.8, 4) is 0 Å². The summed E-state index contributed by atoms with van der Waals surface area (Å²) in [7, 11) is 0. The lowest BCUT2D eigenvalue weighted by molar-refractivity contribution is 1.18. The summed E-state index contributed by atoms with van der Waals surface area (Å²) in [6.45, 7) is 6.07. The molecule has 0 amide bonds. The second-order valence-corrected chi connectivity index (χ2v) is 4.26. The highest BCUT2D eigenvalue weighted by Gasteiger charge is 2.29. The highest BCUT2D eigenvalue weighted by molar-refractivity contribution is 5.77. The van der Waals surface area contributed by atoms with Gasteiger partial charge in [0, 0.05) is 0 Å². The van der Waals surface area contributed by atoms with E-state index in [-0.39, 0.29) is 0 Å². The summed E-state index contributed by atoms with van der Waals surface area (Å²) in [5, 5.41) is 0.